The molecule has 2 aromatic rings. The lowest BCUT2D eigenvalue weighted by molar-refractivity contribution is -0.168. The highest BCUT2D eigenvalue weighted by Crippen LogP contribution is 2.30. The Morgan fingerprint density at radius 2 is 1.67 bits per heavy atom. The van der Waals surface area contributed by atoms with Crippen molar-refractivity contribution < 1.29 is 52.8 Å². The molecule has 1 unspecified atom stereocenters. The summed E-state index contributed by atoms with van der Waals surface area (Å²) in [5, 5.41) is 17.7. The normalized spacial score (nSPS) is 14.0. The van der Waals surface area contributed by atoms with Crippen LogP contribution < -0.4 is 0 Å². The van der Waals surface area contributed by atoms with E-state index < -0.39 is 61.5 Å². The number of aliphatic hydroxyl groups is 2. The highest BCUT2D eigenvalue weighted by atomic mass is 16.8. The molecular weight excluding hydrogens is 440 g/mol. The fourth-order valence-electron chi connectivity index (χ4n) is 3.01. The number of carbonyl (C=O) groups excluding carboxylic acids is 5. The Hall–Kier alpha value is -3.83. The van der Waals surface area contributed by atoms with Gasteiger partial charge in [-0.15, -0.1) is 0 Å². The molecule has 33 heavy (non-hydrogen) atoms. The molecule has 1 aliphatic carbocycles. The Bertz CT molecular complexity index is 1050. The molecule has 11 heteroatoms. The van der Waals surface area contributed by atoms with E-state index in [1.54, 1.807) is 12.1 Å². The summed E-state index contributed by atoms with van der Waals surface area (Å²) in [5.74, 6) is -2.91. The second-order valence-corrected chi connectivity index (χ2v) is 7.05. The zero-order chi connectivity index (χ0) is 24.1. The molecular formula is C22H20O11. The van der Waals surface area contributed by atoms with Gasteiger partial charge in [-0.25, -0.2) is 4.79 Å². The molecule has 0 saturated carbocycles. The van der Waals surface area contributed by atoms with Crippen LogP contribution in [0.5, 0.6) is 0 Å². The molecule has 0 amide bonds. The number of fused-ring (bicyclic) bond motifs is 2. The standard InChI is InChI=1S/C22H20O11/c1-11(32-22(29)30-10-12(24)9-23)31-18(26)7-6-16(25)17-8-15-19(27)13-4-2-3-5-14(13)20(28)21(15)33-17/h2-5,8,11-12,23-24H,6-7,9-10H2,1H3/t11?,12-/m0/s1. The van der Waals surface area contributed by atoms with E-state index in [2.05, 4.69) is 9.47 Å². The molecule has 2 atom stereocenters. The average Bonchev–Trinajstić information content (AvgIpc) is 3.25. The quantitative estimate of drug-likeness (QED) is 0.269. The third kappa shape index (κ3) is 5.51. The molecule has 1 aromatic heterocycles. The van der Waals surface area contributed by atoms with Crippen LogP contribution in [0.25, 0.3) is 0 Å². The van der Waals surface area contributed by atoms with Crippen molar-refractivity contribution in [2.75, 3.05) is 13.2 Å². The van der Waals surface area contributed by atoms with Crippen LogP contribution in [-0.2, 0) is 19.0 Å². The summed E-state index contributed by atoms with van der Waals surface area (Å²) in [5.41, 5.74) is 0.388. The summed E-state index contributed by atoms with van der Waals surface area (Å²) >= 11 is 0. The van der Waals surface area contributed by atoms with Gasteiger partial charge in [-0.1, -0.05) is 24.3 Å². The van der Waals surface area contributed by atoms with Gasteiger partial charge in [0.05, 0.1) is 18.6 Å². The fourth-order valence-corrected chi connectivity index (χ4v) is 3.01. The first-order valence-corrected chi connectivity index (χ1v) is 9.88. The summed E-state index contributed by atoms with van der Waals surface area (Å²) in [4.78, 5) is 60.9. The number of Topliss-reactive ketones (excluding diaryl/α,β-unsaturated/α-hetero) is 1. The van der Waals surface area contributed by atoms with E-state index >= 15 is 0 Å². The maximum Gasteiger partial charge on any atom is 0.511 e. The molecule has 0 bridgehead atoms. The third-order valence-electron chi connectivity index (χ3n) is 4.59. The van der Waals surface area contributed by atoms with Gasteiger partial charge < -0.3 is 28.8 Å². The number of carbonyl (C=O) groups is 5. The molecule has 11 nitrogen and oxygen atoms in total. The molecule has 174 valence electrons. The summed E-state index contributed by atoms with van der Waals surface area (Å²) in [7, 11) is 0. The molecule has 1 heterocycles. The molecule has 0 radical (unpaired) electrons. The predicted octanol–water partition coefficient (Wildman–Crippen LogP) is 1.41. The van der Waals surface area contributed by atoms with Gasteiger partial charge in [-0.3, -0.25) is 19.2 Å². The fraction of sp³-hybridized carbons (Fsp3) is 0.318. The van der Waals surface area contributed by atoms with Gasteiger partial charge in [0.1, 0.15) is 12.7 Å². The van der Waals surface area contributed by atoms with Gasteiger partial charge >= 0.3 is 12.1 Å². The first-order chi connectivity index (χ1) is 15.7. The molecule has 0 aliphatic heterocycles. The maximum absolute atomic E-state index is 12.6. The lowest BCUT2D eigenvalue weighted by Crippen LogP contribution is -2.26. The minimum atomic E-state index is -1.34. The minimum absolute atomic E-state index is 0.0172. The molecule has 0 fully saturated rings. The van der Waals surface area contributed by atoms with E-state index in [1.807, 2.05) is 0 Å². The van der Waals surface area contributed by atoms with Gasteiger partial charge in [0.15, 0.2) is 23.1 Å². The highest BCUT2D eigenvalue weighted by molar-refractivity contribution is 6.27. The number of ketones is 3. The monoisotopic (exact) mass is 460 g/mol. The largest absolute Gasteiger partial charge is 0.511 e. The number of hydrogen-bond acceptors (Lipinski definition) is 11. The molecule has 0 spiro atoms. The minimum Gasteiger partial charge on any atom is -0.449 e. The summed E-state index contributed by atoms with van der Waals surface area (Å²) in [6, 6.07) is 7.42. The van der Waals surface area contributed by atoms with Gasteiger partial charge in [-0.2, -0.15) is 0 Å². The van der Waals surface area contributed by atoms with Crippen molar-refractivity contribution >= 4 is 29.5 Å². The second-order valence-electron chi connectivity index (χ2n) is 7.05. The van der Waals surface area contributed by atoms with Gasteiger partial charge in [-0.05, 0) is 6.07 Å². The van der Waals surface area contributed by atoms with Crippen molar-refractivity contribution in [3.63, 3.8) is 0 Å². The number of aliphatic hydroxyl groups excluding tert-OH is 2. The topological polar surface area (TPSA) is 167 Å². The third-order valence-corrected chi connectivity index (χ3v) is 4.59. The van der Waals surface area contributed by atoms with E-state index in [0.717, 1.165) is 0 Å². The predicted molar refractivity (Wildman–Crippen MR) is 107 cm³/mol. The number of furan rings is 1. The Labute approximate surface area is 186 Å². The molecule has 1 aliphatic rings. The zero-order valence-corrected chi connectivity index (χ0v) is 17.4. The number of ether oxygens (including phenoxy) is 3. The number of hydrogen-bond donors (Lipinski definition) is 2. The molecule has 3 rings (SSSR count). The summed E-state index contributed by atoms with van der Waals surface area (Å²) in [6.45, 7) is 0.117. The van der Waals surface area contributed by atoms with Crippen LogP contribution in [-0.4, -0.2) is 65.3 Å². The van der Waals surface area contributed by atoms with E-state index in [9.17, 15) is 24.0 Å². The smallest absolute Gasteiger partial charge is 0.449 e. The van der Waals surface area contributed by atoms with Crippen molar-refractivity contribution in [2.45, 2.75) is 32.2 Å². The van der Waals surface area contributed by atoms with Crippen LogP contribution >= 0.6 is 0 Å². The zero-order valence-electron chi connectivity index (χ0n) is 17.4. The Morgan fingerprint density at radius 3 is 2.33 bits per heavy atom. The van der Waals surface area contributed by atoms with Crippen molar-refractivity contribution in [1.82, 2.24) is 0 Å². The van der Waals surface area contributed by atoms with Crippen LogP contribution in [0.2, 0.25) is 0 Å². The SMILES string of the molecule is CC(OC(=O)CCC(=O)c1cc2c(o1)C(=O)c1ccccc1C2=O)OC(=O)OC[C@@H](O)CO. The number of rotatable bonds is 9. The maximum atomic E-state index is 12.6. The number of benzene rings is 1. The van der Waals surface area contributed by atoms with Gasteiger partial charge in [0.25, 0.3) is 0 Å². The van der Waals surface area contributed by atoms with E-state index in [-0.39, 0.29) is 34.6 Å². The van der Waals surface area contributed by atoms with Crippen LogP contribution in [0.1, 0.15) is 62.4 Å². The van der Waals surface area contributed by atoms with Gasteiger partial charge in [0.2, 0.25) is 12.1 Å². The van der Waals surface area contributed by atoms with Crippen molar-refractivity contribution in [3.8, 4) is 0 Å². The first-order valence-electron chi connectivity index (χ1n) is 9.88. The molecule has 2 N–H and O–H groups in total. The molecule has 1 aromatic carbocycles. The lowest BCUT2D eigenvalue weighted by Gasteiger charge is -2.14. The summed E-state index contributed by atoms with van der Waals surface area (Å²) in [6.07, 6.45) is -4.57. The van der Waals surface area contributed by atoms with Crippen LogP contribution in [0.15, 0.2) is 34.7 Å². The van der Waals surface area contributed by atoms with Gasteiger partial charge in [0, 0.05) is 24.5 Å². The number of esters is 1. The van der Waals surface area contributed by atoms with Crippen molar-refractivity contribution in [2.24, 2.45) is 0 Å². The Morgan fingerprint density at radius 1 is 1.00 bits per heavy atom. The highest BCUT2D eigenvalue weighted by Gasteiger charge is 2.34. The lowest BCUT2D eigenvalue weighted by atomic mass is 9.88. The second kappa shape index (κ2) is 10.2. The van der Waals surface area contributed by atoms with Crippen LogP contribution in [0.3, 0.4) is 0 Å². The molecule has 0 saturated heterocycles. The van der Waals surface area contributed by atoms with Crippen molar-refractivity contribution in [1.29, 1.82) is 0 Å². The van der Waals surface area contributed by atoms with E-state index in [0.29, 0.717) is 0 Å². The van der Waals surface area contributed by atoms with Crippen LogP contribution in [0.4, 0.5) is 4.79 Å². The first kappa shape index (κ1) is 23.8. The average molecular weight is 460 g/mol. The van der Waals surface area contributed by atoms with Crippen LogP contribution in [0, 0.1) is 0 Å². The summed E-state index contributed by atoms with van der Waals surface area (Å²) < 4.78 is 19.3. The van der Waals surface area contributed by atoms with Crippen molar-refractivity contribution in [3.05, 3.63) is 58.5 Å². The van der Waals surface area contributed by atoms with E-state index in [4.69, 9.17) is 19.4 Å². The van der Waals surface area contributed by atoms with E-state index in [1.165, 1.54) is 25.1 Å². The Kier molecular flexibility index (Phi) is 7.36. The Balaban J connectivity index is 1.52.